The molecule has 21 heavy (non-hydrogen) atoms. The molecule has 2 heterocycles. The number of halogens is 1. The number of amides is 2. The summed E-state index contributed by atoms with van der Waals surface area (Å²) in [5.74, 6) is -0.419. The van der Waals surface area contributed by atoms with Gasteiger partial charge >= 0.3 is 0 Å². The number of anilines is 1. The molecule has 2 unspecified atom stereocenters. The zero-order valence-corrected chi connectivity index (χ0v) is 12.6. The van der Waals surface area contributed by atoms with Crippen molar-refractivity contribution in [2.75, 3.05) is 18.4 Å². The fraction of sp³-hybridized carbons (Fsp3) is 0.467. The molecule has 0 radical (unpaired) electrons. The largest absolute Gasteiger partial charge is 0.338 e. The van der Waals surface area contributed by atoms with Crippen molar-refractivity contribution < 1.29 is 9.59 Å². The Balaban J connectivity index is 0.00000161. The number of para-hydroxylation sites is 1. The van der Waals surface area contributed by atoms with Gasteiger partial charge in [0.2, 0.25) is 11.8 Å². The lowest BCUT2D eigenvalue weighted by Crippen LogP contribution is -2.44. The van der Waals surface area contributed by atoms with Gasteiger partial charge in [-0.3, -0.25) is 9.59 Å². The number of likely N-dealkylation sites (tertiary alicyclic amines) is 1. The summed E-state index contributed by atoms with van der Waals surface area (Å²) >= 11 is 0. The van der Waals surface area contributed by atoms with Crippen molar-refractivity contribution in [3.05, 3.63) is 29.8 Å². The van der Waals surface area contributed by atoms with Crippen molar-refractivity contribution in [3.63, 3.8) is 0 Å². The van der Waals surface area contributed by atoms with Gasteiger partial charge in [-0.15, -0.1) is 12.4 Å². The van der Waals surface area contributed by atoms with Crippen LogP contribution in [0.15, 0.2) is 24.3 Å². The summed E-state index contributed by atoms with van der Waals surface area (Å²) in [7, 11) is 0. The van der Waals surface area contributed by atoms with Crippen LogP contribution in [-0.2, 0) is 9.59 Å². The lowest BCUT2D eigenvalue weighted by molar-refractivity contribution is -0.135. The monoisotopic (exact) mass is 309 g/mol. The van der Waals surface area contributed by atoms with Crippen molar-refractivity contribution in [1.29, 1.82) is 0 Å². The fourth-order valence-corrected chi connectivity index (χ4v) is 3.20. The highest BCUT2D eigenvalue weighted by Crippen LogP contribution is 2.34. The third-order valence-electron chi connectivity index (χ3n) is 4.23. The van der Waals surface area contributed by atoms with Gasteiger partial charge < -0.3 is 16.0 Å². The summed E-state index contributed by atoms with van der Waals surface area (Å²) < 4.78 is 0. The SMILES string of the molecule is Cl.NCC1CCCN1C(=O)C1CC(=O)Nc2ccccc21. The maximum atomic E-state index is 12.8. The van der Waals surface area contributed by atoms with Crippen LogP contribution in [-0.4, -0.2) is 35.8 Å². The third-order valence-corrected chi connectivity index (χ3v) is 4.23. The van der Waals surface area contributed by atoms with E-state index < -0.39 is 0 Å². The number of rotatable bonds is 2. The average molecular weight is 310 g/mol. The van der Waals surface area contributed by atoms with E-state index in [1.165, 1.54) is 0 Å². The van der Waals surface area contributed by atoms with Crippen molar-refractivity contribution in [1.82, 2.24) is 4.90 Å². The first kappa shape index (κ1) is 15.8. The normalized spacial score (nSPS) is 24.0. The number of hydrogen-bond donors (Lipinski definition) is 2. The minimum atomic E-state index is -0.368. The molecule has 3 N–H and O–H groups in total. The lowest BCUT2D eigenvalue weighted by Gasteiger charge is -2.31. The van der Waals surface area contributed by atoms with Gasteiger partial charge in [0.1, 0.15) is 0 Å². The molecule has 1 fully saturated rings. The summed E-state index contributed by atoms with van der Waals surface area (Å²) in [6, 6.07) is 7.66. The molecule has 0 saturated carbocycles. The van der Waals surface area contributed by atoms with E-state index in [-0.39, 0.29) is 42.6 Å². The van der Waals surface area contributed by atoms with Crippen LogP contribution in [0.25, 0.3) is 0 Å². The number of benzene rings is 1. The van der Waals surface area contributed by atoms with Gasteiger partial charge in [-0.05, 0) is 24.5 Å². The summed E-state index contributed by atoms with van der Waals surface area (Å²) in [5, 5.41) is 2.83. The topological polar surface area (TPSA) is 75.4 Å². The Morgan fingerprint density at radius 3 is 2.90 bits per heavy atom. The van der Waals surface area contributed by atoms with Gasteiger partial charge in [0, 0.05) is 31.2 Å². The fourth-order valence-electron chi connectivity index (χ4n) is 3.20. The number of nitrogens with zero attached hydrogens (tertiary/aromatic N) is 1. The van der Waals surface area contributed by atoms with Crippen LogP contribution in [0.3, 0.4) is 0 Å². The van der Waals surface area contributed by atoms with Crippen LogP contribution in [0.5, 0.6) is 0 Å². The van der Waals surface area contributed by atoms with Crippen LogP contribution >= 0.6 is 12.4 Å². The van der Waals surface area contributed by atoms with Crippen LogP contribution in [0.4, 0.5) is 5.69 Å². The van der Waals surface area contributed by atoms with Crippen LogP contribution in [0.2, 0.25) is 0 Å². The minimum absolute atomic E-state index is 0. The van der Waals surface area contributed by atoms with Gasteiger partial charge in [-0.1, -0.05) is 18.2 Å². The van der Waals surface area contributed by atoms with Gasteiger partial charge in [-0.25, -0.2) is 0 Å². The Morgan fingerprint density at radius 2 is 2.14 bits per heavy atom. The molecule has 3 rings (SSSR count). The number of nitrogens with one attached hydrogen (secondary N) is 1. The molecular weight excluding hydrogens is 290 g/mol. The first-order valence-corrected chi connectivity index (χ1v) is 7.10. The van der Waals surface area contributed by atoms with Crippen LogP contribution < -0.4 is 11.1 Å². The minimum Gasteiger partial charge on any atom is -0.338 e. The summed E-state index contributed by atoms with van der Waals surface area (Å²) in [5.41, 5.74) is 7.41. The van der Waals surface area contributed by atoms with Gasteiger partial charge in [-0.2, -0.15) is 0 Å². The second-order valence-electron chi connectivity index (χ2n) is 5.46. The number of fused-ring (bicyclic) bond motifs is 1. The Labute approximate surface area is 130 Å². The molecule has 0 aromatic heterocycles. The molecule has 6 heteroatoms. The maximum Gasteiger partial charge on any atom is 0.231 e. The summed E-state index contributed by atoms with van der Waals surface area (Å²) in [6.07, 6.45) is 2.18. The molecule has 1 aromatic carbocycles. The zero-order valence-electron chi connectivity index (χ0n) is 11.7. The molecule has 0 spiro atoms. The van der Waals surface area contributed by atoms with E-state index in [2.05, 4.69) is 5.32 Å². The average Bonchev–Trinajstić information content (AvgIpc) is 2.94. The van der Waals surface area contributed by atoms with Gasteiger partial charge in [0.15, 0.2) is 0 Å². The van der Waals surface area contributed by atoms with Crippen molar-refractivity contribution in [2.45, 2.75) is 31.2 Å². The van der Waals surface area contributed by atoms with Gasteiger partial charge in [0.05, 0.1) is 5.92 Å². The predicted octanol–water partition coefficient (Wildman–Crippen LogP) is 1.48. The van der Waals surface area contributed by atoms with E-state index in [0.717, 1.165) is 30.6 Å². The molecule has 1 saturated heterocycles. The van der Waals surface area contributed by atoms with E-state index in [1.54, 1.807) is 0 Å². The van der Waals surface area contributed by atoms with Crippen molar-refractivity contribution >= 4 is 29.9 Å². The molecule has 114 valence electrons. The van der Waals surface area contributed by atoms with Gasteiger partial charge in [0.25, 0.3) is 0 Å². The Bertz CT molecular complexity index is 549. The Hall–Kier alpha value is -1.59. The molecule has 2 aliphatic heterocycles. The quantitative estimate of drug-likeness (QED) is 0.869. The zero-order chi connectivity index (χ0) is 14.1. The number of carbonyl (C=O) groups excluding carboxylic acids is 2. The Kier molecular flexibility index (Phi) is 4.85. The molecule has 1 aromatic rings. The number of hydrogen-bond acceptors (Lipinski definition) is 3. The number of nitrogens with two attached hydrogens (primary N) is 1. The maximum absolute atomic E-state index is 12.8. The van der Waals surface area contributed by atoms with Crippen molar-refractivity contribution in [2.24, 2.45) is 5.73 Å². The molecule has 2 atom stereocenters. The van der Waals surface area contributed by atoms with E-state index in [0.29, 0.717) is 6.54 Å². The second-order valence-corrected chi connectivity index (χ2v) is 5.46. The highest BCUT2D eigenvalue weighted by atomic mass is 35.5. The molecule has 5 nitrogen and oxygen atoms in total. The molecule has 0 bridgehead atoms. The second kappa shape index (κ2) is 6.45. The van der Waals surface area contributed by atoms with Crippen LogP contribution in [0, 0.1) is 0 Å². The van der Waals surface area contributed by atoms with E-state index in [9.17, 15) is 9.59 Å². The smallest absolute Gasteiger partial charge is 0.231 e. The summed E-state index contributed by atoms with van der Waals surface area (Å²) in [6.45, 7) is 1.24. The summed E-state index contributed by atoms with van der Waals surface area (Å²) in [4.78, 5) is 26.4. The van der Waals surface area contributed by atoms with Crippen molar-refractivity contribution in [3.8, 4) is 0 Å². The lowest BCUT2D eigenvalue weighted by atomic mass is 9.89. The first-order chi connectivity index (χ1) is 9.70. The molecule has 2 amide bonds. The van der Waals surface area contributed by atoms with E-state index in [1.807, 2.05) is 29.2 Å². The molecular formula is C15H20ClN3O2. The highest BCUT2D eigenvalue weighted by Gasteiger charge is 2.37. The first-order valence-electron chi connectivity index (χ1n) is 7.10. The Morgan fingerprint density at radius 1 is 1.38 bits per heavy atom. The molecule has 0 aliphatic carbocycles. The standard InChI is InChI=1S/C15H19N3O2.ClH/c16-9-10-4-3-7-18(10)15(20)12-8-14(19)17-13-6-2-1-5-11(12)13;/h1-2,5-6,10,12H,3-4,7-9,16H2,(H,17,19);1H. The van der Waals surface area contributed by atoms with Crippen LogP contribution in [0.1, 0.15) is 30.7 Å². The predicted molar refractivity (Wildman–Crippen MR) is 83.5 cm³/mol. The third kappa shape index (κ3) is 2.89. The van der Waals surface area contributed by atoms with E-state index >= 15 is 0 Å². The molecule has 2 aliphatic rings. The van der Waals surface area contributed by atoms with E-state index in [4.69, 9.17) is 5.73 Å². The highest BCUT2D eigenvalue weighted by molar-refractivity contribution is 6.01. The number of carbonyl (C=O) groups is 2.